The molecule has 1 aromatic heterocycles. The van der Waals surface area contributed by atoms with Crippen LogP contribution in [0, 0.1) is 0 Å². The van der Waals surface area contributed by atoms with E-state index >= 15 is 0 Å². The lowest BCUT2D eigenvalue weighted by Gasteiger charge is -2.11. The molecule has 4 nitrogen and oxygen atoms in total. The van der Waals surface area contributed by atoms with Crippen LogP contribution in [0.25, 0.3) is 0 Å². The lowest BCUT2D eigenvalue weighted by atomic mass is 10.1. The van der Waals surface area contributed by atoms with Gasteiger partial charge in [0.05, 0.1) is 0 Å². The molecule has 96 valence electrons. The van der Waals surface area contributed by atoms with E-state index in [1.807, 2.05) is 12.1 Å². The van der Waals surface area contributed by atoms with Crippen LogP contribution in [0.5, 0.6) is 0 Å². The summed E-state index contributed by atoms with van der Waals surface area (Å²) in [6, 6.07) is 11.7. The summed E-state index contributed by atoms with van der Waals surface area (Å²) in [5, 5.41) is 3.01. The molecule has 1 aliphatic rings. The second kappa shape index (κ2) is 4.72. The van der Waals surface area contributed by atoms with Gasteiger partial charge < -0.3 is 11.1 Å². The fourth-order valence-electron chi connectivity index (χ4n) is 2.49. The maximum atomic E-state index is 12.1. The molecule has 0 fully saturated rings. The number of hydrogen-bond acceptors (Lipinski definition) is 3. The zero-order valence-corrected chi connectivity index (χ0v) is 10.5. The Kier molecular flexibility index (Phi) is 2.91. The quantitative estimate of drug-likeness (QED) is 0.853. The number of aromatic nitrogens is 1. The van der Waals surface area contributed by atoms with Crippen molar-refractivity contribution in [2.45, 2.75) is 18.9 Å². The fourth-order valence-corrected chi connectivity index (χ4v) is 2.49. The van der Waals surface area contributed by atoms with Gasteiger partial charge in [0.15, 0.2) is 0 Å². The van der Waals surface area contributed by atoms with Crippen molar-refractivity contribution < 1.29 is 4.79 Å². The SMILES string of the molecule is Nc1ccnc(C(=O)NC2Cc3ccccc3C2)c1. The number of nitrogens with one attached hydrogen (secondary N) is 1. The van der Waals surface area contributed by atoms with Crippen LogP contribution in [0.4, 0.5) is 5.69 Å². The normalized spacial score (nSPS) is 14.1. The number of fused-ring (bicyclic) bond motifs is 1. The Hall–Kier alpha value is -2.36. The molecule has 3 rings (SSSR count). The predicted octanol–water partition coefficient (Wildman–Crippen LogP) is 1.56. The van der Waals surface area contributed by atoms with Crippen LogP contribution in [0.2, 0.25) is 0 Å². The third-order valence-electron chi connectivity index (χ3n) is 3.40. The second-order valence-corrected chi connectivity index (χ2v) is 4.82. The van der Waals surface area contributed by atoms with E-state index in [2.05, 4.69) is 22.4 Å². The van der Waals surface area contributed by atoms with Crippen molar-refractivity contribution in [2.75, 3.05) is 5.73 Å². The van der Waals surface area contributed by atoms with Crippen LogP contribution in [-0.2, 0) is 12.8 Å². The zero-order chi connectivity index (χ0) is 13.2. The average molecular weight is 253 g/mol. The molecule has 0 atom stereocenters. The minimum atomic E-state index is -0.162. The summed E-state index contributed by atoms with van der Waals surface area (Å²) in [5.41, 5.74) is 9.20. The fraction of sp³-hybridized carbons (Fsp3) is 0.200. The molecule has 0 saturated carbocycles. The van der Waals surface area contributed by atoms with Gasteiger partial charge in [-0.1, -0.05) is 24.3 Å². The minimum absolute atomic E-state index is 0.146. The molecule has 3 N–H and O–H groups in total. The Morgan fingerprint density at radius 3 is 2.53 bits per heavy atom. The highest BCUT2D eigenvalue weighted by atomic mass is 16.1. The molecule has 0 unspecified atom stereocenters. The van der Waals surface area contributed by atoms with Crippen molar-refractivity contribution in [3.63, 3.8) is 0 Å². The van der Waals surface area contributed by atoms with Gasteiger partial charge in [0.2, 0.25) is 0 Å². The number of carbonyl (C=O) groups excluding carboxylic acids is 1. The third-order valence-corrected chi connectivity index (χ3v) is 3.40. The topological polar surface area (TPSA) is 68.0 Å². The Labute approximate surface area is 111 Å². The molecule has 4 heteroatoms. The van der Waals surface area contributed by atoms with Crippen molar-refractivity contribution in [1.82, 2.24) is 10.3 Å². The van der Waals surface area contributed by atoms with E-state index in [0.29, 0.717) is 11.4 Å². The first-order chi connectivity index (χ1) is 9.22. The van der Waals surface area contributed by atoms with Crippen LogP contribution in [0.15, 0.2) is 42.6 Å². The minimum Gasteiger partial charge on any atom is -0.399 e. The maximum Gasteiger partial charge on any atom is 0.270 e. The van der Waals surface area contributed by atoms with Crippen LogP contribution in [0.1, 0.15) is 21.6 Å². The number of amides is 1. The Morgan fingerprint density at radius 1 is 1.21 bits per heavy atom. The molecular formula is C15H15N3O. The van der Waals surface area contributed by atoms with Gasteiger partial charge in [-0.25, -0.2) is 0 Å². The summed E-state index contributed by atoms with van der Waals surface area (Å²) in [5.74, 6) is -0.162. The number of hydrogen-bond donors (Lipinski definition) is 2. The molecule has 19 heavy (non-hydrogen) atoms. The van der Waals surface area contributed by atoms with E-state index in [4.69, 9.17) is 5.73 Å². The Morgan fingerprint density at radius 2 is 1.89 bits per heavy atom. The highest BCUT2D eigenvalue weighted by Crippen LogP contribution is 2.21. The second-order valence-electron chi connectivity index (χ2n) is 4.82. The Bertz CT molecular complexity index is 599. The van der Waals surface area contributed by atoms with Crippen LogP contribution < -0.4 is 11.1 Å². The zero-order valence-electron chi connectivity index (χ0n) is 10.5. The van der Waals surface area contributed by atoms with Gasteiger partial charge in [-0.15, -0.1) is 0 Å². The van der Waals surface area contributed by atoms with Crippen LogP contribution in [-0.4, -0.2) is 16.9 Å². The summed E-state index contributed by atoms with van der Waals surface area (Å²) in [6.45, 7) is 0. The highest BCUT2D eigenvalue weighted by molar-refractivity contribution is 5.93. The molecule has 0 saturated heterocycles. The van der Waals surface area contributed by atoms with Crippen molar-refractivity contribution in [3.05, 3.63) is 59.4 Å². The van der Waals surface area contributed by atoms with E-state index in [1.54, 1.807) is 18.3 Å². The molecule has 0 radical (unpaired) electrons. The summed E-state index contributed by atoms with van der Waals surface area (Å²) in [4.78, 5) is 16.1. The molecule has 1 heterocycles. The number of carbonyl (C=O) groups is 1. The number of rotatable bonds is 2. The smallest absolute Gasteiger partial charge is 0.270 e. The van der Waals surface area contributed by atoms with E-state index in [1.165, 1.54) is 11.1 Å². The van der Waals surface area contributed by atoms with Crippen LogP contribution in [0.3, 0.4) is 0 Å². The molecule has 1 aromatic carbocycles. The van der Waals surface area contributed by atoms with Crippen molar-refractivity contribution in [1.29, 1.82) is 0 Å². The van der Waals surface area contributed by atoms with Gasteiger partial charge in [-0.05, 0) is 36.1 Å². The van der Waals surface area contributed by atoms with Gasteiger partial charge in [0.25, 0.3) is 5.91 Å². The van der Waals surface area contributed by atoms with Gasteiger partial charge in [0.1, 0.15) is 5.69 Å². The summed E-state index contributed by atoms with van der Waals surface area (Å²) in [7, 11) is 0. The number of benzene rings is 1. The molecule has 1 amide bonds. The molecule has 2 aromatic rings. The summed E-state index contributed by atoms with van der Waals surface area (Å²) in [6.07, 6.45) is 3.31. The predicted molar refractivity (Wildman–Crippen MR) is 73.8 cm³/mol. The van der Waals surface area contributed by atoms with Crippen molar-refractivity contribution in [3.8, 4) is 0 Å². The molecular weight excluding hydrogens is 238 g/mol. The van der Waals surface area contributed by atoms with Crippen molar-refractivity contribution >= 4 is 11.6 Å². The molecule has 0 bridgehead atoms. The summed E-state index contributed by atoms with van der Waals surface area (Å²) >= 11 is 0. The van der Waals surface area contributed by atoms with E-state index in [0.717, 1.165) is 12.8 Å². The summed E-state index contributed by atoms with van der Waals surface area (Å²) < 4.78 is 0. The van der Waals surface area contributed by atoms with Gasteiger partial charge in [0, 0.05) is 17.9 Å². The number of anilines is 1. The van der Waals surface area contributed by atoms with Gasteiger partial charge in [-0.3, -0.25) is 9.78 Å². The van der Waals surface area contributed by atoms with Gasteiger partial charge in [-0.2, -0.15) is 0 Å². The number of nitrogen functional groups attached to an aromatic ring is 1. The average Bonchev–Trinajstić information content (AvgIpc) is 2.80. The van der Waals surface area contributed by atoms with Crippen molar-refractivity contribution in [2.24, 2.45) is 0 Å². The first-order valence-corrected chi connectivity index (χ1v) is 6.31. The standard InChI is InChI=1S/C15H15N3O/c16-12-5-6-17-14(9-12)15(19)18-13-7-10-3-1-2-4-11(10)8-13/h1-6,9,13H,7-8H2,(H2,16,17)(H,18,19). The lowest BCUT2D eigenvalue weighted by molar-refractivity contribution is 0.0933. The largest absolute Gasteiger partial charge is 0.399 e. The maximum absolute atomic E-state index is 12.1. The van der Waals surface area contributed by atoms with E-state index in [-0.39, 0.29) is 11.9 Å². The van der Waals surface area contributed by atoms with E-state index in [9.17, 15) is 4.79 Å². The number of nitrogens with zero attached hydrogens (tertiary/aromatic N) is 1. The van der Waals surface area contributed by atoms with Crippen LogP contribution >= 0.6 is 0 Å². The highest BCUT2D eigenvalue weighted by Gasteiger charge is 2.23. The van der Waals surface area contributed by atoms with E-state index < -0.39 is 0 Å². The first-order valence-electron chi connectivity index (χ1n) is 6.31. The van der Waals surface area contributed by atoms with Gasteiger partial charge >= 0.3 is 0 Å². The lowest BCUT2D eigenvalue weighted by Crippen LogP contribution is -2.35. The first kappa shape index (κ1) is 11.7. The number of nitrogens with two attached hydrogens (primary N) is 1. The molecule has 0 aliphatic heterocycles. The Balaban J connectivity index is 1.69. The molecule has 0 spiro atoms. The third kappa shape index (κ3) is 2.42. The monoisotopic (exact) mass is 253 g/mol. The molecule has 1 aliphatic carbocycles. The number of pyridine rings is 1.